The Morgan fingerprint density at radius 1 is 1.32 bits per heavy atom. The summed E-state index contributed by atoms with van der Waals surface area (Å²) in [6, 6.07) is 13.7. The number of nitro benzene ring substituents is 1. The first kappa shape index (κ1) is 18.3. The zero-order valence-electron chi connectivity index (χ0n) is 13.6. The molecule has 0 unspecified atom stereocenters. The van der Waals surface area contributed by atoms with Gasteiger partial charge in [-0.25, -0.2) is 0 Å². The molecule has 0 aliphatic carbocycles. The van der Waals surface area contributed by atoms with Gasteiger partial charge in [-0.1, -0.05) is 24.3 Å². The lowest BCUT2D eigenvalue weighted by molar-refractivity contribution is -0.384. The molecule has 0 heterocycles. The standard InChI is InChI=1S/C17H18N4O3S/c1-2-18-17(25)20-19-11-14-7-3-4-9-16(14)24-12-13-6-5-8-15(10-13)21(22)23/h3-11H,2,12H2,1H3,(H2,18,20,25)/b19-11-. The second kappa shape index (κ2) is 9.33. The number of nitro groups is 1. The monoisotopic (exact) mass is 358 g/mol. The number of nitrogens with one attached hydrogen (secondary N) is 2. The Morgan fingerprint density at radius 3 is 2.88 bits per heavy atom. The molecule has 130 valence electrons. The van der Waals surface area contributed by atoms with Crippen LogP contribution in [0.5, 0.6) is 5.75 Å². The van der Waals surface area contributed by atoms with E-state index in [0.717, 1.165) is 5.56 Å². The van der Waals surface area contributed by atoms with Gasteiger partial charge in [0.15, 0.2) is 5.11 Å². The average molecular weight is 358 g/mol. The molecule has 0 aliphatic rings. The van der Waals surface area contributed by atoms with Crippen LogP contribution in [-0.4, -0.2) is 22.8 Å². The van der Waals surface area contributed by atoms with Gasteiger partial charge in [0.25, 0.3) is 5.69 Å². The third kappa shape index (κ3) is 5.85. The van der Waals surface area contributed by atoms with Gasteiger partial charge in [0, 0.05) is 24.2 Å². The minimum atomic E-state index is -0.428. The number of hydrazone groups is 1. The highest BCUT2D eigenvalue weighted by Crippen LogP contribution is 2.19. The van der Waals surface area contributed by atoms with Crippen LogP contribution in [0.15, 0.2) is 53.6 Å². The van der Waals surface area contributed by atoms with Crippen LogP contribution in [0.25, 0.3) is 0 Å². The van der Waals surface area contributed by atoms with Crippen LogP contribution < -0.4 is 15.5 Å². The molecule has 2 aromatic carbocycles. The number of nitrogens with zero attached hydrogens (tertiary/aromatic N) is 2. The van der Waals surface area contributed by atoms with E-state index in [-0.39, 0.29) is 12.3 Å². The van der Waals surface area contributed by atoms with E-state index in [1.54, 1.807) is 24.4 Å². The molecule has 2 aromatic rings. The molecule has 7 nitrogen and oxygen atoms in total. The fourth-order valence-electron chi connectivity index (χ4n) is 2.00. The van der Waals surface area contributed by atoms with Crippen molar-refractivity contribution in [2.24, 2.45) is 5.10 Å². The molecule has 2 N–H and O–H groups in total. The third-order valence-corrected chi connectivity index (χ3v) is 3.38. The second-order valence-electron chi connectivity index (χ2n) is 4.98. The quantitative estimate of drug-likeness (QED) is 0.342. The van der Waals surface area contributed by atoms with Crippen LogP contribution in [0.4, 0.5) is 5.69 Å². The van der Waals surface area contributed by atoms with Crippen LogP contribution in [0, 0.1) is 10.1 Å². The molecule has 0 saturated heterocycles. The van der Waals surface area contributed by atoms with Gasteiger partial charge in [-0.15, -0.1) is 0 Å². The van der Waals surface area contributed by atoms with Crippen molar-refractivity contribution in [1.82, 2.24) is 10.7 Å². The fraction of sp³-hybridized carbons (Fsp3) is 0.176. The summed E-state index contributed by atoms with van der Waals surface area (Å²) in [6.07, 6.45) is 1.60. The molecular formula is C17H18N4O3S. The van der Waals surface area contributed by atoms with Crippen LogP contribution in [0.3, 0.4) is 0 Å². The molecule has 0 bridgehead atoms. The zero-order valence-corrected chi connectivity index (χ0v) is 14.5. The highest BCUT2D eigenvalue weighted by molar-refractivity contribution is 7.80. The molecule has 0 fully saturated rings. The van der Waals surface area contributed by atoms with E-state index in [0.29, 0.717) is 23.0 Å². The van der Waals surface area contributed by atoms with E-state index in [1.807, 2.05) is 25.1 Å². The van der Waals surface area contributed by atoms with E-state index in [1.165, 1.54) is 12.1 Å². The van der Waals surface area contributed by atoms with Gasteiger partial charge < -0.3 is 10.1 Å². The van der Waals surface area contributed by atoms with Crippen LogP contribution in [-0.2, 0) is 6.61 Å². The van der Waals surface area contributed by atoms with E-state index in [2.05, 4.69) is 15.8 Å². The summed E-state index contributed by atoms with van der Waals surface area (Å²) in [4.78, 5) is 10.4. The van der Waals surface area contributed by atoms with Crippen LogP contribution >= 0.6 is 12.2 Å². The molecule has 8 heteroatoms. The lowest BCUT2D eigenvalue weighted by atomic mass is 10.2. The molecule has 0 aromatic heterocycles. The summed E-state index contributed by atoms with van der Waals surface area (Å²) in [7, 11) is 0. The van der Waals surface area contributed by atoms with Crippen molar-refractivity contribution in [3.8, 4) is 5.75 Å². The molecule has 0 atom stereocenters. The van der Waals surface area contributed by atoms with E-state index in [9.17, 15) is 10.1 Å². The first-order chi connectivity index (χ1) is 12.1. The first-order valence-electron chi connectivity index (χ1n) is 7.62. The predicted octanol–water partition coefficient (Wildman–Crippen LogP) is 2.99. The Bertz CT molecular complexity index is 780. The highest BCUT2D eigenvalue weighted by Gasteiger charge is 2.07. The molecule has 25 heavy (non-hydrogen) atoms. The summed E-state index contributed by atoms with van der Waals surface area (Å²) in [6.45, 7) is 2.87. The van der Waals surface area contributed by atoms with E-state index < -0.39 is 4.92 Å². The number of rotatable bonds is 7. The molecule has 0 radical (unpaired) electrons. The van der Waals surface area contributed by atoms with Gasteiger partial charge in [0.1, 0.15) is 12.4 Å². The number of hydrogen-bond acceptors (Lipinski definition) is 5. The Hall–Kier alpha value is -3.00. The number of para-hydroxylation sites is 1. The topological polar surface area (TPSA) is 88.8 Å². The molecule has 0 saturated carbocycles. The zero-order chi connectivity index (χ0) is 18.1. The number of benzene rings is 2. The second-order valence-corrected chi connectivity index (χ2v) is 5.39. The maximum absolute atomic E-state index is 10.8. The minimum Gasteiger partial charge on any atom is -0.488 e. The van der Waals surface area contributed by atoms with Crippen molar-refractivity contribution in [2.75, 3.05) is 6.54 Å². The SMILES string of the molecule is CCNC(=S)N/N=C\c1ccccc1OCc1cccc([N+](=O)[O-])c1. The fourth-order valence-corrected chi connectivity index (χ4v) is 2.20. The maximum atomic E-state index is 10.8. The van der Waals surface area contributed by atoms with Crippen molar-refractivity contribution in [3.63, 3.8) is 0 Å². The third-order valence-electron chi connectivity index (χ3n) is 3.14. The molecule has 2 rings (SSSR count). The van der Waals surface area contributed by atoms with Gasteiger partial charge in [0.2, 0.25) is 0 Å². The number of ether oxygens (including phenoxy) is 1. The molecule has 0 aliphatic heterocycles. The first-order valence-corrected chi connectivity index (χ1v) is 8.03. The summed E-state index contributed by atoms with van der Waals surface area (Å²) in [5, 5.41) is 18.3. The van der Waals surface area contributed by atoms with Crippen molar-refractivity contribution in [1.29, 1.82) is 0 Å². The molecule has 0 spiro atoms. The Morgan fingerprint density at radius 2 is 2.12 bits per heavy atom. The van der Waals surface area contributed by atoms with Gasteiger partial charge >= 0.3 is 0 Å². The smallest absolute Gasteiger partial charge is 0.269 e. The number of hydrogen-bond donors (Lipinski definition) is 2. The van der Waals surface area contributed by atoms with Crippen LogP contribution in [0.1, 0.15) is 18.1 Å². The van der Waals surface area contributed by atoms with E-state index >= 15 is 0 Å². The lowest BCUT2D eigenvalue weighted by Gasteiger charge is -2.09. The number of thiocarbonyl (C=S) groups is 1. The van der Waals surface area contributed by atoms with Gasteiger partial charge in [-0.05, 0) is 36.8 Å². The summed E-state index contributed by atoms with van der Waals surface area (Å²) < 4.78 is 5.77. The normalized spacial score (nSPS) is 10.4. The van der Waals surface area contributed by atoms with Crippen molar-refractivity contribution in [3.05, 3.63) is 69.8 Å². The van der Waals surface area contributed by atoms with Gasteiger partial charge in [-0.2, -0.15) is 5.10 Å². The number of non-ortho nitro benzene ring substituents is 1. The van der Waals surface area contributed by atoms with Crippen molar-refractivity contribution < 1.29 is 9.66 Å². The minimum absolute atomic E-state index is 0.0390. The molecular weight excluding hydrogens is 340 g/mol. The van der Waals surface area contributed by atoms with Crippen molar-refractivity contribution in [2.45, 2.75) is 13.5 Å². The van der Waals surface area contributed by atoms with Crippen molar-refractivity contribution >= 4 is 29.2 Å². The lowest BCUT2D eigenvalue weighted by Crippen LogP contribution is -2.31. The maximum Gasteiger partial charge on any atom is 0.269 e. The van der Waals surface area contributed by atoms with Gasteiger partial charge in [0.05, 0.1) is 11.1 Å². The Balaban J connectivity index is 2.03. The summed E-state index contributed by atoms with van der Waals surface area (Å²) >= 11 is 5.03. The molecule has 0 amide bonds. The summed E-state index contributed by atoms with van der Waals surface area (Å²) in [5.41, 5.74) is 4.23. The highest BCUT2D eigenvalue weighted by atomic mass is 32.1. The van der Waals surface area contributed by atoms with E-state index in [4.69, 9.17) is 17.0 Å². The van der Waals surface area contributed by atoms with Gasteiger partial charge in [-0.3, -0.25) is 15.5 Å². The Kier molecular flexibility index (Phi) is 6.85. The van der Waals surface area contributed by atoms with Crippen LogP contribution in [0.2, 0.25) is 0 Å². The summed E-state index contributed by atoms with van der Waals surface area (Å²) in [5.74, 6) is 0.619. The largest absolute Gasteiger partial charge is 0.488 e. The Labute approximate surface area is 150 Å². The predicted molar refractivity (Wildman–Crippen MR) is 101 cm³/mol. The average Bonchev–Trinajstić information content (AvgIpc) is 2.61.